The quantitative estimate of drug-likeness (QED) is 0.814. The summed E-state index contributed by atoms with van der Waals surface area (Å²) in [5, 5.41) is 3.88. The van der Waals surface area contributed by atoms with Crippen molar-refractivity contribution in [2.75, 3.05) is 33.4 Å². The average Bonchev–Trinajstić information content (AvgIpc) is 2.46. The normalized spacial score (nSPS) is 31.4. The molecule has 2 unspecified atom stereocenters. The highest BCUT2D eigenvalue weighted by atomic mass is 16.5. The average molecular weight is 296 g/mol. The summed E-state index contributed by atoms with van der Waals surface area (Å²) < 4.78 is 5.34. The third kappa shape index (κ3) is 4.43. The molecule has 1 saturated carbocycles. The standard InChI is InChI=1S/C18H36N2O/c1-5-11-19-17-16(7-6-10-18(17,2)3)20-12-8-15(9-13-20)14-21-4/h15-17,19H,5-14H2,1-4H3. The predicted molar refractivity (Wildman–Crippen MR) is 89.7 cm³/mol. The number of ether oxygens (including phenoxy) is 1. The molecule has 1 N–H and O–H groups in total. The Morgan fingerprint density at radius 1 is 1.19 bits per heavy atom. The molecule has 1 aliphatic carbocycles. The van der Waals surface area contributed by atoms with Crippen LogP contribution in [0.15, 0.2) is 0 Å². The highest BCUT2D eigenvalue weighted by Gasteiger charge is 2.41. The zero-order valence-corrected chi connectivity index (χ0v) is 14.7. The van der Waals surface area contributed by atoms with Crippen molar-refractivity contribution in [3.63, 3.8) is 0 Å². The fraction of sp³-hybridized carbons (Fsp3) is 1.00. The molecule has 1 saturated heterocycles. The van der Waals surface area contributed by atoms with Crippen molar-refractivity contribution in [1.82, 2.24) is 10.2 Å². The van der Waals surface area contributed by atoms with Crippen molar-refractivity contribution in [3.05, 3.63) is 0 Å². The topological polar surface area (TPSA) is 24.5 Å². The van der Waals surface area contributed by atoms with Gasteiger partial charge in [-0.25, -0.2) is 0 Å². The molecule has 2 aliphatic rings. The molecule has 1 heterocycles. The van der Waals surface area contributed by atoms with Crippen LogP contribution in [0.4, 0.5) is 0 Å². The lowest BCUT2D eigenvalue weighted by molar-refractivity contribution is 0.0178. The van der Waals surface area contributed by atoms with Crippen molar-refractivity contribution in [2.45, 2.75) is 71.4 Å². The van der Waals surface area contributed by atoms with E-state index in [0.29, 0.717) is 11.5 Å². The van der Waals surface area contributed by atoms with Crippen LogP contribution in [-0.4, -0.2) is 50.3 Å². The maximum atomic E-state index is 5.34. The van der Waals surface area contributed by atoms with Gasteiger partial charge in [0.25, 0.3) is 0 Å². The molecule has 0 aromatic rings. The second-order valence-electron chi connectivity index (χ2n) is 7.81. The lowest BCUT2D eigenvalue weighted by atomic mass is 9.70. The molecule has 0 spiro atoms. The van der Waals surface area contributed by atoms with Crippen LogP contribution in [-0.2, 0) is 4.74 Å². The zero-order valence-electron chi connectivity index (χ0n) is 14.7. The molecule has 0 radical (unpaired) electrons. The maximum absolute atomic E-state index is 5.34. The van der Waals surface area contributed by atoms with Crippen LogP contribution in [0.2, 0.25) is 0 Å². The molecule has 0 amide bonds. The fourth-order valence-electron chi connectivity index (χ4n) is 4.40. The molecular formula is C18H36N2O. The first-order chi connectivity index (χ1) is 10.1. The largest absolute Gasteiger partial charge is 0.384 e. The number of methoxy groups -OCH3 is 1. The van der Waals surface area contributed by atoms with Crippen LogP contribution >= 0.6 is 0 Å². The number of likely N-dealkylation sites (tertiary alicyclic amines) is 1. The van der Waals surface area contributed by atoms with E-state index in [1.54, 1.807) is 0 Å². The number of hydrogen-bond acceptors (Lipinski definition) is 3. The van der Waals surface area contributed by atoms with E-state index in [2.05, 4.69) is 31.0 Å². The molecule has 124 valence electrons. The van der Waals surface area contributed by atoms with E-state index in [1.807, 2.05) is 7.11 Å². The third-order valence-electron chi connectivity index (χ3n) is 5.68. The first-order valence-corrected chi connectivity index (χ1v) is 9.05. The number of piperidine rings is 1. The van der Waals surface area contributed by atoms with Crippen molar-refractivity contribution in [3.8, 4) is 0 Å². The summed E-state index contributed by atoms with van der Waals surface area (Å²) in [7, 11) is 1.83. The predicted octanol–water partition coefficient (Wildman–Crippen LogP) is 3.29. The van der Waals surface area contributed by atoms with Gasteiger partial charge in [0.05, 0.1) is 0 Å². The first kappa shape index (κ1) is 17.2. The molecule has 1 aliphatic heterocycles. The summed E-state index contributed by atoms with van der Waals surface area (Å²) in [5.41, 5.74) is 0.432. The van der Waals surface area contributed by atoms with Gasteiger partial charge in [-0.1, -0.05) is 27.2 Å². The Morgan fingerprint density at radius 3 is 2.52 bits per heavy atom. The molecule has 3 nitrogen and oxygen atoms in total. The second kappa shape index (κ2) is 7.94. The fourth-order valence-corrected chi connectivity index (χ4v) is 4.40. The molecule has 0 aromatic carbocycles. The van der Waals surface area contributed by atoms with Crippen LogP contribution in [0, 0.1) is 11.3 Å². The van der Waals surface area contributed by atoms with Crippen LogP contribution in [0.1, 0.15) is 59.3 Å². The summed E-state index contributed by atoms with van der Waals surface area (Å²) in [6.07, 6.45) is 7.98. The Morgan fingerprint density at radius 2 is 1.90 bits per heavy atom. The molecular weight excluding hydrogens is 260 g/mol. The Kier molecular flexibility index (Phi) is 6.51. The zero-order chi connectivity index (χ0) is 15.3. The second-order valence-corrected chi connectivity index (χ2v) is 7.81. The van der Waals surface area contributed by atoms with Gasteiger partial charge in [0, 0.05) is 25.8 Å². The van der Waals surface area contributed by atoms with Gasteiger partial charge in [0.2, 0.25) is 0 Å². The third-order valence-corrected chi connectivity index (χ3v) is 5.68. The van der Waals surface area contributed by atoms with Gasteiger partial charge in [-0.15, -0.1) is 0 Å². The van der Waals surface area contributed by atoms with Crippen LogP contribution in [0.3, 0.4) is 0 Å². The SMILES string of the molecule is CCCNC1C(N2CCC(COC)CC2)CCCC1(C)C. The summed E-state index contributed by atoms with van der Waals surface area (Å²) in [6.45, 7) is 11.8. The molecule has 0 aromatic heterocycles. The lowest BCUT2D eigenvalue weighted by Crippen LogP contribution is -2.60. The molecule has 2 fully saturated rings. The summed E-state index contributed by atoms with van der Waals surface area (Å²) in [6, 6.07) is 1.40. The minimum atomic E-state index is 0.432. The number of rotatable bonds is 6. The summed E-state index contributed by atoms with van der Waals surface area (Å²) in [4.78, 5) is 2.78. The van der Waals surface area contributed by atoms with Crippen molar-refractivity contribution >= 4 is 0 Å². The Labute approximate surface area is 131 Å². The monoisotopic (exact) mass is 296 g/mol. The minimum absolute atomic E-state index is 0.432. The smallest absolute Gasteiger partial charge is 0.0491 e. The molecule has 2 rings (SSSR count). The number of hydrogen-bond donors (Lipinski definition) is 1. The van der Waals surface area contributed by atoms with E-state index in [0.717, 1.165) is 25.1 Å². The first-order valence-electron chi connectivity index (χ1n) is 9.05. The molecule has 0 bridgehead atoms. The molecule has 2 atom stereocenters. The summed E-state index contributed by atoms with van der Waals surface area (Å²) in [5.74, 6) is 0.782. The van der Waals surface area contributed by atoms with E-state index in [4.69, 9.17) is 4.74 Å². The molecule has 3 heteroatoms. The summed E-state index contributed by atoms with van der Waals surface area (Å²) >= 11 is 0. The Hall–Kier alpha value is -0.120. The minimum Gasteiger partial charge on any atom is -0.384 e. The van der Waals surface area contributed by atoms with E-state index < -0.39 is 0 Å². The van der Waals surface area contributed by atoms with Crippen LogP contribution in [0.5, 0.6) is 0 Å². The van der Waals surface area contributed by atoms with Crippen molar-refractivity contribution in [2.24, 2.45) is 11.3 Å². The Balaban J connectivity index is 1.96. The highest BCUT2D eigenvalue weighted by molar-refractivity contribution is 4.98. The van der Waals surface area contributed by atoms with E-state index in [9.17, 15) is 0 Å². The van der Waals surface area contributed by atoms with Gasteiger partial charge < -0.3 is 10.1 Å². The van der Waals surface area contributed by atoms with Gasteiger partial charge in [0.15, 0.2) is 0 Å². The van der Waals surface area contributed by atoms with Gasteiger partial charge >= 0.3 is 0 Å². The molecule has 21 heavy (non-hydrogen) atoms. The van der Waals surface area contributed by atoms with E-state index in [1.165, 1.54) is 51.6 Å². The van der Waals surface area contributed by atoms with E-state index >= 15 is 0 Å². The van der Waals surface area contributed by atoms with Crippen LogP contribution < -0.4 is 5.32 Å². The van der Waals surface area contributed by atoms with Gasteiger partial charge in [-0.05, 0) is 63.1 Å². The van der Waals surface area contributed by atoms with E-state index in [-0.39, 0.29) is 0 Å². The van der Waals surface area contributed by atoms with Gasteiger partial charge in [-0.3, -0.25) is 4.90 Å². The van der Waals surface area contributed by atoms with Crippen molar-refractivity contribution in [1.29, 1.82) is 0 Å². The van der Waals surface area contributed by atoms with Gasteiger partial charge in [0.1, 0.15) is 0 Å². The Bertz CT molecular complexity index is 298. The highest BCUT2D eigenvalue weighted by Crippen LogP contribution is 2.38. The van der Waals surface area contributed by atoms with Crippen LogP contribution in [0.25, 0.3) is 0 Å². The lowest BCUT2D eigenvalue weighted by Gasteiger charge is -2.50. The number of nitrogens with zero attached hydrogens (tertiary/aromatic N) is 1. The van der Waals surface area contributed by atoms with Crippen molar-refractivity contribution < 1.29 is 4.74 Å². The number of nitrogens with one attached hydrogen (secondary N) is 1. The van der Waals surface area contributed by atoms with Gasteiger partial charge in [-0.2, -0.15) is 0 Å². The maximum Gasteiger partial charge on any atom is 0.0491 e.